The summed E-state index contributed by atoms with van der Waals surface area (Å²) in [5.41, 5.74) is 2.41. The maximum atomic E-state index is 11.0. The molecule has 2 rings (SSSR count). The molecular formula is C9H8OS. The minimum atomic E-state index is 0.269. The first-order chi connectivity index (χ1) is 5.25. The molecule has 0 fully saturated rings. The number of aryl methyl sites for hydroxylation is 1. The summed E-state index contributed by atoms with van der Waals surface area (Å²) < 4.78 is 0. The van der Waals surface area contributed by atoms with Crippen molar-refractivity contribution in [1.29, 1.82) is 0 Å². The molecule has 0 bridgehead atoms. The molecule has 1 aliphatic rings. The molecule has 1 aliphatic heterocycles. The minimum absolute atomic E-state index is 0.269. The van der Waals surface area contributed by atoms with Crippen molar-refractivity contribution >= 4 is 16.9 Å². The maximum absolute atomic E-state index is 11.0. The zero-order valence-corrected chi connectivity index (χ0v) is 7.07. The lowest BCUT2D eigenvalue weighted by atomic mass is 10.1. The number of benzene rings is 1. The zero-order valence-electron chi connectivity index (χ0n) is 6.26. The van der Waals surface area contributed by atoms with Gasteiger partial charge in [0, 0.05) is 11.3 Å². The number of rotatable bonds is 0. The second kappa shape index (κ2) is 2.38. The molecule has 0 radical (unpaired) electrons. The molecule has 0 aliphatic carbocycles. The van der Waals surface area contributed by atoms with Gasteiger partial charge in [0.15, 0.2) is 5.12 Å². The SMILES string of the molecule is Cc1ccc2c(c1)SC(=O)C2. The van der Waals surface area contributed by atoms with Gasteiger partial charge in [-0.2, -0.15) is 0 Å². The molecule has 1 nitrogen and oxygen atoms in total. The number of fused-ring (bicyclic) bond motifs is 1. The summed E-state index contributed by atoms with van der Waals surface area (Å²) in [7, 11) is 0. The second-order valence-corrected chi connectivity index (χ2v) is 3.86. The molecule has 0 spiro atoms. The fourth-order valence-corrected chi connectivity index (χ4v) is 2.21. The summed E-state index contributed by atoms with van der Waals surface area (Å²) in [6.45, 7) is 2.05. The third kappa shape index (κ3) is 1.18. The molecule has 0 amide bonds. The third-order valence-corrected chi connectivity index (χ3v) is 2.75. The van der Waals surface area contributed by atoms with Crippen LogP contribution in [-0.4, -0.2) is 5.12 Å². The van der Waals surface area contributed by atoms with E-state index in [9.17, 15) is 4.79 Å². The molecule has 0 atom stereocenters. The van der Waals surface area contributed by atoms with Crippen molar-refractivity contribution in [3.8, 4) is 0 Å². The molecule has 11 heavy (non-hydrogen) atoms. The van der Waals surface area contributed by atoms with E-state index in [0.29, 0.717) is 6.42 Å². The normalized spacial score (nSPS) is 15.2. The topological polar surface area (TPSA) is 17.1 Å². The van der Waals surface area contributed by atoms with Gasteiger partial charge in [0.05, 0.1) is 0 Å². The van der Waals surface area contributed by atoms with Crippen molar-refractivity contribution in [2.75, 3.05) is 0 Å². The average molecular weight is 164 g/mol. The van der Waals surface area contributed by atoms with Crippen molar-refractivity contribution in [3.63, 3.8) is 0 Å². The number of carbonyl (C=O) groups excluding carboxylic acids is 1. The zero-order chi connectivity index (χ0) is 7.84. The van der Waals surface area contributed by atoms with Gasteiger partial charge < -0.3 is 0 Å². The molecule has 0 saturated carbocycles. The number of carbonyl (C=O) groups is 1. The van der Waals surface area contributed by atoms with E-state index in [2.05, 4.69) is 12.1 Å². The predicted molar refractivity (Wildman–Crippen MR) is 45.7 cm³/mol. The summed E-state index contributed by atoms with van der Waals surface area (Å²) in [6.07, 6.45) is 0.611. The van der Waals surface area contributed by atoms with Gasteiger partial charge in [-0.1, -0.05) is 23.9 Å². The fraction of sp³-hybridized carbons (Fsp3) is 0.222. The lowest BCUT2D eigenvalue weighted by molar-refractivity contribution is -0.110. The van der Waals surface area contributed by atoms with Crippen LogP contribution in [0.1, 0.15) is 11.1 Å². The first-order valence-electron chi connectivity index (χ1n) is 3.56. The van der Waals surface area contributed by atoms with E-state index in [-0.39, 0.29) is 5.12 Å². The van der Waals surface area contributed by atoms with Crippen LogP contribution in [0.2, 0.25) is 0 Å². The van der Waals surface area contributed by atoms with E-state index in [1.54, 1.807) is 0 Å². The second-order valence-electron chi connectivity index (χ2n) is 2.76. The minimum Gasteiger partial charge on any atom is -0.286 e. The van der Waals surface area contributed by atoms with E-state index in [0.717, 1.165) is 4.90 Å². The highest BCUT2D eigenvalue weighted by molar-refractivity contribution is 8.14. The maximum Gasteiger partial charge on any atom is 0.198 e. The van der Waals surface area contributed by atoms with E-state index in [4.69, 9.17) is 0 Å². The monoisotopic (exact) mass is 164 g/mol. The Morgan fingerprint density at radius 1 is 1.45 bits per heavy atom. The van der Waals surface area contributed by atoms with Gasteiger partial charge in [-0.15, -0.1) is 0 Å². The van der Waals surface area contributed by atoms with Crippen LogP contribution in [0.15, 0.2) is 23.1 Å². The van der Waals surface area contributed by atoms with Crippen molar-refractivity contribution < 1.29 is 4.79 Å². The van der Waals surface area contributed by atoms with Crippen LogP contribution < -0.4 is 0 Å². The lowest BCUT2D eigenvalue weighted by Crippen LogP contribution is -1.85. The van der Waals surface area contributed by atoms with E-state index in [1.165, 1.54) is 22.9 Å². The number of hydrogen-bond acceptors (Lipinski definition) is 2. The summed E-state index contributed by atoms with van der Waals surface area (Å²) >= 11 is 1.37. The van der Waals surface area contributed by atoms with E-state index < -0.39 is 0 Å². The first-order valence-corrected chi connectivity index (χ1v) is 4.37. The Morgan fingerprint density at radius 3 is 3.09 bits per heavy atom. The van der Waals surface area contributed by atoms with E-state index >= 15 is 0 Å². The van der Waals surface area contributed by atoms with Crippen LogP contribution in [0.5, 0.6) is 0 Å². The Labute approximate surface area is 69.8 Å². The molecule has 1 aromatic carbocycles. The summed E-state index contributed by atoms with van der Waals surface area (Å²) in [5.74, 6) is 0. The molecule has 0 saturated heterocycles. The quantitative estimate of drug-likeness (QED) is 0.584. The third-order valence-electron chi connectivity index (χ3n) is 1.78. The van der Waals surface area contributed by atoms with Crippen LogP contribution in [0.3, 0.4) is 0 Å². The first kappa shape index (κ1) is 6.92. The molecule has 1 heterocycles. The standard InChI is InChI=1S/C9H8OS/c1-6-2-3-7-5-9(10)11-8(7)4-6/h2-4H,5H2,1H3. The highest BCUT2D eigenvalue weighted by atomic mass is 32.2. The smallest absolute Gasteiger partial charge is 0.198 e. The number of thioether (sulfide) groups is 1. The summed E-state index contributed by atoms with van der Waals surface area (Å²) in [5, 5.41) is 0.269. The Kier molecular flexibility index (Phi) is 1.50. The molecule has 0 N–H and O–H groups in total. The van der Waals surface area contributed by atoms with Gasteiger partial charge in [0.1, 0.15) is 0 Å². The fourth-order valence-electron chi connectivity index (χ4n) is 1.22. The van der Waals surface area contributed by atoms with Gasteiger partial charge in [-0.05, 0) is 24.1 Å². The van der Waals surface area contributed by atoms with E-state index in [1.807, 2.05) is 13.0 Å². The van der Waals surface area contributed by atoms with Crippen LogP contribution in [0.4, 0.5) is 0 Å². The Morgan fingerprint density at radius 2 is 2.27 bits per heavy atom. The predicted octanol–water partition coefficient (Wildman–Crippen LogP) is 2.17. The molecule has 56 valence electrons. The molecule has 0 aromatic heterocycles. The molecule has 0 unspecified atom stereocenters. The van der Waals surface area contributed by atoms with Crippen LogP contribution >= 0.6 is 11.8 Å². The van der Waals surface area contributed by atoms with Gasteiger partial charge in [0.25, 0.3) is 0 Å². The Hall–Kier alpha value is -0.760. The van der Waals surface area contributed by atoms with Gasteiger partial charge in [-0.25, -0.2) is 0 Å². The van der Waals surface area contributed by atoms with Crippen LogP contribution in [-0.2, 0) is 11.2 Å². The molecular weight excluding hydrogens is 156 g/mol. The summed E-state index contributed by atoms with van der Waals surface area (Å²) in [6, 6.07) is 6.17. The van der Waals surface area contributed by atoms with Crippen molar-refractivity contribution in [2.45, 2.75) is 18.2 Å². The lowest BCUT2D eigenvalue weighted by Gasteiger charge is -1.96. The van der Waals surface area contributed by atoms with Gasteiger partial charge in [-0.3, -0.25) is 4.79 Å². The van der Waals surface area contributed by atoms with Crippen LogP contribution in [0, 0.1) is 6.92 Å². The Balaban J connectivity index is 2.51. The van der Waals surface area contributed by atoms with Crippen molar-refractivity contribution in [1.82, 2.24) is 0 Å². The molecule has 1 aromatic rings. The number of hydrogen-bond donors (Lipinski definition) is 0. The Bertz CT molecular complexity index is 317. The highest BCUT2D eigenvalue weighted by Crippen LogP contribution is 2.32. The van der Waals surface area contributed by atoms with Crippen LogP contribution in [0.25, 0.3) is 0 Å². The largest absolute Gasteiger partial charge is 0.286 e. The average Bonchev–Trinajstić information content (AvgIpc) is 2.27. The van der Waals surface area contributed by atoms with Crippen molar-refractivity contribution in [3.05, 3.63) is 29.3 Å². The van der Waals surface area contributed by atoms with Gasteiger partial charge in [0.2, 0.25) is 0 Å². The summed E-state index contributed by atoms with van der Waals surface area (Å²) in [4.78, 5) is 12.1. The molecule has 2 heteroatoms. The van der Waals surface area contributed by atoms with Gasteiger partial charge >= 0.3 is 0 Å². The highest BCUT2D eigenvalue weighted by Gasteiger charge is 2.18. The van der Waals surface area contributed by atoms with Crippen molar-refractivity contribution in [2.24, 2.45) is 0 Å².